The number of halogens is 5. The van der Waals surface area contributed by atoms with Crippen molar-refractivity contribution in [2.75, 3.05) is 6.61 Å². The highest BCUT2D eigenvalue weighted by molar-refractivity contribution is 14.1. The van der Waals surface area contributed by atoms with Crippen molar-refractivity contribution in [1.29, 1.82) is 0 Å². The van der Waals surface area contributed by atoms with E-state index < -0.39 is 22.0 Å². The average molecular weight is 616 g/mol. The molecule has 10 heteroatoms. The molecule has 0 saturated heterocycles. The first-order chi connectivity index (χ1) is 8.04. The van der Waals surface area contributed by atoms with E-state index in [-0.39, 0.29) is 5.75 Å². The average Bonchev–Trinajstić information content (AvgIpc) is 2.13. The van der Waals surface area contributed by atoms with Crippen molar-refractivity contribution in [2.45, 2.75) is 5.25 Å². The van der Waals surface area contributed by atoms with Gasteiger partial charge in [-0.05, 0) is 79.9 Å². The molecule has 18 heavy (non-hydrogen) atoms. The first kappa shape index (κ1) is 17.0. The van der Waals surface area contributed by atoms with Crippen LogP contribution in [-0.2, 0) is 10.1 Å². The summed E-state index contributed by atoms with van der Waals surface area (Å²) in [5.74, 6) is 0.167. The zero-order valence-electron chi connectivity index (χ0n) is 8.33. The summed E-state index contributed by atoms with van der Waals surface area (Å²) in [6.45, 7) is -1.43. The van der Waals surface area contributed by atoms with Gasteiger partial charge in [-0.1, -0.05) is 0 Å². The SMILES string of the molecule is O=S(=O)(O)C(F)(F)COc1c(I)cc(I)cc1I. The number of rotatable bonds is 4. The second kappa shape index (κ2) is 6.17. The van der Waals surface area contributed by atoms with Crippen LogP contribution in [0.15, 0.2) is 12.1 Å². The quantitative estimate of drug-likeness (QED) is 0.417. The van der Waals surface area contributed by atoms with Crippen LogP contribution in [0.4, 0.5) is 8.78 Å². The van der Waals surface area contributed by atoms with E-state index in [1.165, 1.54) is 0 Å². The van der Waals surface area contributed by atoms with E-state index in [2.05, 4.69) is 22.6 Å². The lowest BCUT2D eigenvalue weighted by Crippen LogP contribution is -2.35. The molecule has 0 aliphatic rings. The van der Waals surface area contributed by atoms with E-state index in [0.29, 0.717) is 7.14 Å². The van der Waals surface area contributed by atoms with Gasteiger partial charge >= 0.3 is 15.4 Å². The van der Waals surface area contributed by atoms with E-state index in [1.54, 1.807) is 12.1 Å². The largest absolute Gasteiger partial charge is 0.484 e. The lowest BCUT2D eigenvalue weighted by molar-refractivity contribution is 0.0282. The smallest absolute Gasteiger partial charge is 0.402 e. The fourth-order valence-electron chi connectivity index (χ4n) is 0.897. The number of hydrogen-bond acceptors (Lipinski definition) is 3. The van der Waals surface area contributed by atoms with Crippen LogP contribution in [0.25, 0.3) is 0 Å². The van der Waals surface area contributed by atoms with Gasteiger partial charge in [0.1, 0.15) is 5.75 Å². The van der Waals surface area contributed by atoms with Crippen molar-refractivity contribution < 1.29 is 26.5 Å². The Balaban J connectivity index is 2.95. The zero-order valence-corrected chi connectivity index (χ0v) is 15.6. The lowest BCUT2D eigenvalue weighted by atomic mass is 10.3. The molecule has 0 unspecified atom stereocenters. The van der Waals surface area contributed by atoms with E-state index in [1.807, 2.05) is 45.2 Å². The predicted molar refractivity (Wildman–Crippen MR) is 86.6 cm³/mol. The van der Waals surface area contributed by atoms with E-state index in [0.717, 1.165) is 3.57 Å². The maximum absolute atomic E-state index is 13.0. The highest BCUT2D eigenvalue weighted by atomic mass is 127. The minimum atomic E-state index is -5.47. The Morgan fingerprint density at radius 2 is 1.67 bits per heavy atom. The molecule has 0 aromatic heterocycles. The van der Waals surface area contributed by atoms with Gasteiger partial charge in [-0.15, -0.1) is 0 Å². The van der Waals surface area contributed by atoms with Crippen LogP contribution in [0.5, 0.6) is 5.75 Å². The maximum atomic E-state index is 13.0. The van der Waals surface area contributed by atoms with Gasteiger partial charge in [-0.3, -0.25) is 4.55 Å². The molecular formula is C8H5F2I3O4S. The van der Waals surface area contributed by atoms with Crippen LogP contribution < -0.4 is 4.74 Å². The lowest BCUT2D eigenvalue weighted by Gasteiger charge is -2.16. The summed E-state index contributed by atoms with van der Waals surface area (Å²) in [7, 11) is -5.47. The molecule has 0 amide bonds. The monoisotopic (exact) mass is 616 g/mol. The molecule has 0 bridgehead atoms. The summed E-state index contributed by atoms with van der Waals surface area (Å²) in [6, 6.07) is 3.40. The highest BCUT2D eigenvalue weighted by Gasteiger charge is 2.45. The van der Waals surface area contributed by atoms with Crippen LogP contribution in [0, 0.1) is 10.7 Å². The van der Waals surface area contributed by atoms with Crippen LogP contribution in [0.2, 0.25) is 0 Å². The van der Waals surface area contributed by atoms with Crippen molar-refractivity contribution in [3.63, 3.8) is 0 Å². The van der Waals surface area contributed by atoms with Gasteiger partial charge in [0, 0.05) is 3.57 Å². The third kappa shape index (κ3) is 4.24. The molecular weight excluding hydrogens is 611 g/mol. The highest BCUT2D eigenvalue weighted by Crippen LogP contribution is 2.31. The van der Waals surface area contributed by atoms with Gasteiger partial charge in [-0.25, -0.2) is 0 Å². The fraction of sp³-hybridized carbons (Fsp3) is 0.250. The van der Waals surface area contributed by atoms with Crippen molar-refractivity contribution in [1.82, 2.24) is 0 Å². The minimum Gasteiger partial charge on any atom is -0.484 e. The second-order valence-corrected chi connectivity index (χ2v) is 8.22. The first-order valence-electron chi connectivity index (χ1n) is 4.17. The molecule has 0 aliphatic heterocycles. The van der Waals surface area contributed by atoms with Gasteiger partial charge in [-0.2, -0.15) is 17.2 Å². The Morgan fingerprint density at radius 1 is 1.22 bits per heavy atom. The van der Waals surface area contributed by atoms with Gasteiger partial charge in [0.15, 0.2) is 6.61 Å². The molecule has 1 N–H and O–H groups in total. The minimum absolute atomic E-state index is 0.167. The van der Waals surface area contributed by atoms with Crippen LogP contribution in [-0.4, -0.2) is 24.8 Å². The Labute approximate surface area is 143 Å². The van der Waals surface area contributed by atoms with Crippen LogP contribution in [0.1, 0.15) is 0 Å². The van der Waals surface area contributed by atoms with Gasteiger partial charge in [0.25, 0.3) is 0 Å². The first-order valence-corrected chi connectivity index (χ1v) is 8.84. The summed E-state index contributed by atoms with van der Waals surface area (Å²) < 4.78 is 62.0. The van der Waals surface area contributed by atoms with Crippen LogP contribution >= 0.6 is 67.8 Å². The molecule has 0 heterocycles. The number of alkyl halides is 2. The van der Waals surface area contributed by atoms with Gasteiger partial charge < -0.3 is 4.74 Å². The Morgan fingerprint density at radius 3 is 2.06 bits per heavy atom. The Kier molecular flexibility index (Phi) is 5.84. The van der Waals surface area contributed by atoms with Crippen molar-refractivity contribution >= 4 is 77.9 Å². The standard InChI is InChI=1S/C8H5F2I3O4S/c9-8(10,18(14,15)16)3-17-7-5(12)1-4(11)2-6(7)13/h1-2H,3H2,(H,14,15,16). The van der Waals surface area contributed by atoms with E-state index in [4.69, 9.17) is 9.29 Å². The zero-order chi connectivity index (χ0) is 14.1. The third-order valence-corrected chi connectivity index (χ3v) is 4.82. The molecule has 102 valence electrons. The summed E-state index contributed by atoms with van der Waals surface area (Å²) in [5.41, 5.74) is 0. The third-order valence-electron chi connectivity index (χ3n) is 1.72. The summed E-state index contributed by atoms with van der Waals surface area (Å²) >= 11 is 5.84. The molecule has 0 spiro atoms. The summed E-state index contributed by atoms with van der Waals surface area (Å²) in [5, 5.41) is -4.33. The molecule has 0 atom stereocenters. The molecule has 1 aromatic carbocycles. The van der Waals surface area contributed by atoms with Gasteiger partial charge in [0.05, 0.1) is 7.14 Å². The molecule has 0 aliphatic carbocycles. The molecule has 1 rings (SSSR count). The molecule has 0 fully saturated rings. The fourth-order valence-corrected chi connectivity index (χ4v) is 5.00. The van der Waals surface area contributed by atoms with Crippen molar-refractivity contribution in [2.24, 2.45) is 0 Å². The van der Waals surface area contributed by atoms with Crippen LogP contribution in [0.3, 0.4) is 0 Å². The summed E-state index contributed by atoms with van der Waals surface area (Å²) in [6.07, 6.45) is 0. The van der Waals surface area contributed by atoms with Crippen molar-refractivity contribution in [3.8, 4) is 5.75 Å². The Hall–Kier alpha value is 0.980. The summed E-state index contributed by atoms with van der Waals surface area (Å²) in [4.78, 5) is 0. The number of ether oxygens (including phenoxy) is 1. The topological polar surface area (TPSA) is 63.6 Å². The molecule has 0 radical (unpaired) electrons. The molecule has 0 saturated carbocycles. The number of benzene rings is 1. The molecule has 4 nitrogen and oxygen atoms in total. The predicted octanol–water partition coefficient (Wildman–Crippen LogP) is 3.36. The second-order valence-electron chi connectivity index (χ2n) is 3.10. The van der Waals surface area contributed by atoms with Crippen molar-refractivity contribution in [3.05, 3.63) is 22.8 Å². The van der Waals surface area contributed by atoms with Gasteiger partial charge in [0.2, 0.25) is 0 Å². The number of hydrogen-bond donors (Lipinski definition) is 1. The molecule has 1 aromatic rings. The normalized spacial score (nSPS) is 12.6. The Bertz CT molecular complexity index is 538. The van der Waals surface area contributed by atoms with E-state index >= 15 is 0 Å². The van der Waals surface area contributed by atoms with E-state index in [9.17, 15) is 17.2 Å². The maximum Gasteiger partial charge on any atom is 0.402 e.